The predicted molar refractivity (Wildman–Crippen MR) is 58.7 cm³/mol. The van der Waals surface area contributed by atoms with Gasteiger partial charge in [0.15, 0.2) is 0 Å². The minimum atomic E-state index is -0.0675. The van der Waals surface area contributed by atoms with E-state index in [4.69, 9.17) is 9.47 Å². The van der Waals surface area contributed by atoms with E-state index in [-0.39, 0.29) is 5.97 Å². The van der Waals surface area contributed by atoms with Crippen LogP contribution in [0.1, 0.15) is 51.9 Å². The van der Waals surface area contributed by atoms with E-state index in [0.29, 0.717) is 19.1 Å². The number of rotatable bonds is 6. The van der Waals surface area contributed by atoms with Crippen LogP contribution in [0, 0.1) is 0 Å². The zero-order chi connectivity index (χ0) is 10.9. The van der Waals surface area contributed by atoms with Crippen molar-refractivity contribution in [2.45, 2.75) is 58.0 Å². The first-order chi connectivity index (χ1) is 7.33. The second-order valence-electron chi connectivity index (χ2n) is 4.04. The molecule has 0 aromatic carbocycles. The van der Waals surface area contributed by atoms with E-state index >= 15 is 0 Å². The van der Waals surface area contributed by atoms with Crippen LogP contribution in [0.15, 0.2) is 0 Å². The van der Waals surface area contributed by atoms with Crippen LogP contribution in [0.4, 0.5) is 0 Å². The molecule has 0 unspecified atom stereocenters. The second kappa shape index (κ2) is 7.69. The first-order valence-electron chi connectivity index (χ1n) is 6.10. The lowest BCUT2D eigenvalue weighted by Gasteiger charge is -2.22. The van der Waals surface area contributed by atoms with Gasteiger partial charge in [0.2, 0.25) is 0 Å². The molecule has 0 N–H and O–H groups in total. The lowest BCUT2D eigenvalue weighted by molar-refractivity contribution is -0.143. The fourth-order valence-electron chi connectivity index (χ4n) is 1.91. The van der Waals surface area contributed by atoms with E-state index in [1.807, 2.05) is 6.92 Å². The minimum Gasteiger partial charge on any atom is -0.466 e. The molecule has 1 aliphatic heterocycles. The van der Waals surface area contributed by atoms with E-state index in [2.05, 4.69) is 0 Å². The number of carbonyl (C=O) groups excluding carboxylic acids is 1. The molecule has 1 aliphatic rings. The maximum Gasteiger partial charge on any atom is 0.305 e. The number of esters is 1. The Morgan fingerprint density at radius 1 is 1.40 bits per heavy atom. The van der Waals surface area contributed by atoms with Crippen LogP contribution in [0.5, 0.6) is 0 Å². The molecule has 1 rings (SSSR count). The molecule has 0 aliphatic carbocycles. The van der Waals surface area contributed by atoms with Gasteiger partial charge in [-0.05, 0) is 39.0 Å². The van der Waals surface area contributed by atoms with Gasteiger partial charge in [0.05, 0.1) is 12.7 Å². The largest absolute Gasteiger partial charge is 0.466 e. The predicted octanol–water partition coefficient (Wildman–Crippen LogP) is 2.68. The van der Waals surface area contributed by atoms with Crippen LogP contribution in [-0.4, -0.2) is 25.3 Å². The molecule has 0 saturated carbocycles. The summed E-state index contributed by atoms with van der Waals surface area (Å²) in [7, 11) is 0. The molecule has 1 fully saturated rings. The maximum absolute atomic E-state index is 11.0. The number of ether oxygens (including phenoxy) is 2. The summed E-state index contributed by atoms with van der Waals surface area (Å²) in [6.07, 6.45) is 7.80. The summed E-state index contributed by atoms with van der Waals surface area (Å²) in [5, 5.41) is 0. The Balaban J connectivity index is 1.93. The molecule has 1 saturated heterocycles. The summed E-state index contributed by atoms with van der Waals surface area (Å²) in [6.45, 7) is 3.25. The second-order valence-corrected chi connectivity index (χ2v) is 4.04. The summed E-state index contributed by atoms with van der Waals surface area (Å²) in [5.74, 6) is -0.0675. The normalized spacial score (nSPS) is 21.3. The van der Waals surface area contributed by atoms with Crippen LogP contribution in [-0.2, 0) is 14.3 Å². The maximum atomic E-state index is 11.0. The lowest BCUT2D eigenvalue weighted by atomic mass is 10.0. The molecular formula is C12H22O3. The first-order valence-corrected chi connectivity index (χ1v) is 6.10. The Kier molecular flexibility index (Phi) is 6.41. The highest BCUT2D eigenvalue weighted by molar-refractivity contribution is 5.69. The van der Waals surface area contributed by atoms with Gasteiger partial charge < -0.3 is 9.47 Å². The quantitative estimate of drug-likeness (QED) is 0.503. The molecular weight excluding hydrogens is 192 g/mol. The van der Waals surface area contributed by atoms with Crippen molar-refractivity contribution < 1.29 is 14.3 Å². The molecule has 88 valence electrons. The fraction of sp³-hybridized carbons (Fsp3) is 0.917. The van der Waals surface area contributed by atoms with Gasteiger partial charge in [-0.2, -0.15) is 0 Å². The van der Waals surface area contributed by atoms with Gasteiger partial charge in [0, 0.05) is 13.0 Å². The van der Waals surface area contributed by atoms with Gasteiger partial charge in [-0.1, -0.05) is 6.42 Å². The van der Waals surface area contributed by atoms with Gasteiger partial charge in [0.1, 0.15) is 0 Å². The summed E-state index contributed by atoms with van der Waals surface area (Å²) in [6, 6.07) is 0. The van der Waals surface area contributed by atoms with Crippen molar-refractivity contribution in [3.63, 3.8) is 0 Å². The van der Waals surface area contributed by atoms with Crippen molar-refractivity contribution in [2.24, 2.45) is 0 Å². The SMILES string of the molecule is CCOC(=O)CCCC[C@@H]1CCCCO1. The van der Waals surface area contributed by atoms with E-state index in [1.54, 1.807) is 0 Å². The Labute approximate surface area is 92.1 Å². The van der Waals surface area contributed by atoms with Crippen molar-refractivity contribution >= 4 is 5.97 Å². The number of unbranched alkanes of at least 4 members (excludes halogenated alkanes) is 1. The molecule has 0 bridgehead atoms. The van der Waals surface area contributed by atoms with Crippen LogP contribution < -0.4 is 0 Å². The molecule has 0 spiro atoms. The Bertz CT molecular complexity index is 174. The first kappa shape index (κ1) is 12.5. The highest BCUT2D eigenvalue weighted by atomic mass is 16.5. The molecule has 3 nitrogen and oxygen atoms in total. The molecule has 15 heavy (non-hydrogen) atoms. The Hall–Kier alpha value is -0.570. The van der Waals surface area contributed by atoms with Gasteiger partial charge >= 0.3 is 5.97 Å². The molecule has 1 atom stereocenters. The molecule has 3 heteroatoms. The third-order valence-electron chi connectivity index (χ3n) is 2.74. The van der Waals surface area contributed by atoms with Crippen LogP contribution >= 0.6 is 0 Å². The number of hydrogen-bond donors (Lipinski definition) is 0. The zero-order valence-electron chi connectivity index (χ0n) is 9.67. The van der Waals surface area contributed by atoms with Crippen molar-refractivity contribution in [1.29, 1.82) is 0 Å². The van der Waals surface area contributed by atoms with Gasteiger partial charge in [0.25, 0.3) is 0 Å². The van der Waals surface area contributed by atoms with E-state index < -0.39 is 0 Å². The molecule has 0 aromatic rings. The topological polar surface area (TPSA) is 35.5 Å². The molecule has 0 amide bonds. The lowest BCUT2D eigenvalue weighted by Crippen LogP contribution is -2.18. The summed E-state index contributed by atoms with van der Waals surface area (Å²) in [4.78, 5) is 11.0. The third kappa shape index (κ3) is 5.78. The smallest absolute Gasteiger partial charge is 0.305 e. The minimum absolute atomic E-state index is 0.0675. The third-order valence-corrected chi connectivity index (χ3v) is 2.74. The standard InChI is InChI=1S/C12H22O3/c1-2-14-12(13)9-4-3-7-11-8-5-6-10-15-11/h11H,2-10H2,1H3/t11-/m1/s1. The number of carbonyl (C=O) groups is 1. The van der Waals surface area contributed by atoms with Crippen molar-refractivity contribution in [1.82, 2.24) is 0 Å². The molecule has 0 aromatic heterocycles. The summed E-state index contributed by atoms with van der Waals surface area (Å²) >= 11 is 0. The van der Waals surface area contributed by atoms with E-state index in [1.165, 1.54) is 19.3 Å². The monoisotopic (exact) mass is 214 g/mol. The van der Waals surface area contributed by atoms with Crippen LogP contribution in [0.25, 0.3) is 0 Å². The van der Waals surface area contributed by atoms with E-state index in [0.717, 1.165) is 25.9 Å². The van der Waals surface area contributed by atoms with Crippen LogP contribution in [0.3, 0.4) is 0 Å². The Morgan fingerprint density at radius 2 is 2.27 bits per heavy atom. The zero-order valence-corrected chi connectivity index (χ0v) is 9.67. The van der Waals surface area contributed by atoms with Crippen LogP contribution in [0.2, 0.25) is 0 Å². The fourth-order valence-corrected chi connectivity index (χ4v) is 1.91. The summed E-state index contributed by atoms with van der Waals surface area (Å²) in [5.41, 5.74) is 0. The van der Waals surface area contributed by atoms with Crippen molar-refractivity contribution in [3.8, 4) is 0 Å². The molecule has 1 heterocycles. The summed E-state index contributed by atoms with van der Waals surface area (Å²) < 4.78 is 10.5. The highest BCUT2D eigenvalue weighted by Gasteiger charge is 2.13. The van der Waals surface area contributed by atoms with Gasteiger partial charge in [-0.25, -0.2) is 0 Å². The van der Waals surface area contributed by atoms with Gasteiger partial charge in [-0.3, -0.25) is 4.79 Å². The number of hydrogen-bond acceptors (Lipinski definition) is 3. The molecule has 0 radical (unpaired) electrons. The average Bonchev–Trinajstić information content (AvgIpc) is 2.26. The van der Waals surface area contributed by atoms with Crippen molar-refractivity contribution in [2.75, 3.05) is 13.2 Å². The van der Waals surface area contributed by atoms with Gasteiger partial charge in [-0.15, -0.1) is 0 Å². The highest BCUT2D eigenvalue weighted by Crippen LogP contribution is 2.18. The Morgan fingerprint density at radius 3 is 2.93 bits per heavy atom. The van der Waals surface area contributed by atoms with Crippen molar-refractivity contribution in [3.05, 3.63) is 0 Å². The van der Waals surface area contributed by atoms with E-state index in [9.17, 15) is 4.79 Å². The average molecular weight is 214 g/mol.